The van der Waals surface area contributed by atoms with Crippen LogP contribution in [0.1, 0.15) is 115 Å². The fraction of sp³-hybridized carbons (Fsp3) is 0.250. The van der Waals surface area contributed by atoms with E-state index in [0.29, 0.717) is 22.6 Å². The monoisotopic (exact) mass is 1090 g/mol. The standard InChI is InChI=1S/C64H64N3O.Pt/c1-40(2)45-27-30-57(53(36-45)44-25-28-50(29-26-44)62(4,5)6)67-58-20-16-19-52(59(58)66-61(67)54-38-51(63(7,8)9)39-55(60(54)68)64(10,11)12)48-33-47(42-17-14-13-15-18-42)34-49(35-48)56-37-46(31-32-65-56)43-23-21-41(3)22-24-43;/h13-34,36-40,68H,1-12H3;/q-1;/i3D3,40D;. The molecule has 7 aromatic carbocycles. The average Bonchev–Trinajstić information content (AvgIpc) is 3.72. The van der Waals surface area contributed by atoms with E-state index in [1.54, 1.807) is 18.3 Å². The van der Waals surface area contributed by atoms with Gasteiger partial charge in [0.1, 0.15) is 11.6 Å². The number of benzene rings is 7. The van der Waals surface area contributed by atoms with Crippen LogP contribution in [0.3, 0.4) is 0 Å². The van der Waals surface area contributed by atoms with Gasteiger partial charge >= 0.3 is 0 Å². The van der Waals surface area contributed by atoms with Gasteiger partial charge in [-0.2, -0.15) is 0 Å². The Morgan fingerprint density at radius 3 is 1.90 bits per heavy atom. The fourth-order valence-electron chi connectivity index (χ4n) is 9.04. The Morgan fingerprint density at radius 2 is 1.25 bits per heavy atom. The first-order chi connectivity index (χ1) is 33.8. The number of phenols is 1. The molecule has 0 unspecified atom stereocenters. The number of hydrogen-bond donors (Lipinski definition) is 1. The maximum absolute atomic E-state index is 12.7. The van der Waals surface area contributed by atoms with Crippen LogP contribution in [-0.4, -0.2) is 19.6 Å². The van der Waals surface area contributed by atoms with Crippen molar-refractivity contribution in [3.05, 3.63) is 192 Å². The van der Waals surface area contributed by atoms with Crippen LogP contribution < -0.4 is 0 Å². The minimum atomic E-state index is -2.19. The zero-order valence-electron chi connectivity index (χ0n) is 45.6. The summed E-state index contributed by atoms with van der Waals surface area (Å²) in [5.74, 6) is -0.0921. The van der Waals surface area contributed by atoms with Gasteiger partial charge in [-0.15, -0.1) is 23.8 Å². The van der Waals surface area contributed by atoms with Gasteiger partial charge < -0.3 is 5.11 Å². The Kier molecular flexibility index (Phi) is 12.0. The quantitative estimate of drug-likeness (QED) is 0.154. The molecule has 352 valence electrons. The molecule has 69 heavy (non-hydrogen) atoms. The van der Waals surface area contributed by atoms with E-state index in [1.165, 1.54) is 5.56 Å². The summed E-state index contributed by atoms with van der Waals surface area (Å²) < 4.78 is 35.1. The molecule has 4 nitrogen and oxygen atoms in total. The van der Waals surface area contributed by atoms with Gasteiger partial charge in [0.2, 0.25) is 0 Å². The van der Waals surface area contributed by atoms with E-state index in [1.807, 2.05) is 62.4 Å². The smallest absolute Gasteiger partial charge is 0.148 e. The van der Waals surface area contributed by atoms with Gasteiger partial charge in [-0.25, -0.2) is 4.98 Å². The summed E-state index contributed by atoms with van der Waals surface area (Å²) in [6, 6.07) is 54.9. The Balaban J connectivity index is 0.00000711. The number of rotatable bonds is 8. The Morgan fingerprint density at radius 1 is 0.580 bits per heavy atom. The molecule has 0 aliphatic carbocycles. The second kappa shape index (κ2) is 18.9. The van der Waals surface area contributed by atoms with Crippen molar-refractivity contribution in [2.45, 2.75) is 105 Å². The van der Waals surface area contributed by atoms with Crippen LogP contribution in [0.5, 0.6) is 5.75 Å². The van der Waals surface area contributed by atoms with Crippen LogP contribution in [0, 0.1) is 12.9 Å². The predicted octanol–water partition coefficient (Wildman–Crippen LogP) is 17.3. The number of phenolic OH excluding ortho intramolecular Hbond substituents is 1. The number of pyridine rings is 1. The van der Waals surface area contributed by atoms with Crippen molar-refractivity contribution in [2.24, 2.45) is 0 Å². The molecule has 2 heterocycles. The van der Waals surface area contributed by atoms with Crippen molar-refractivity contribution in [3.8, 4) is 78.6 Å². The van der Waals surface area contributed by atoms with Crippen molar-refractivity contribution in [1.82, 2.24) is 14.5 Å². The predicted molar refractivity (Wildman–Crippen MR) is 287 cm³/mol. The minimum Gasteiger partial charge on any atom is -0.507 e. The molecule has 0 aliphatic rings. The zero-order valence-corrected chi connectivity index (χ0v) is 43.9. The number of imidazole rings is 1. The zero-order chi connectivity index (χ0) is 51.7. The number of nitrogens with zero attached hydrogens (tertiary/aromatic N) is 3. The Hall–Kier alpha value is -6.35. The van der Waals surface area contributed by atoms with Crippen LogP contribution in [0.4, 0.5) is 0 Å². The number of aromatic nitrogens is 3. The van der Waals surface area contributed by atoms with Gasteiger partial charge in [-0.3, -0.25) is 9.55 Å². The molecule has 0 radical (unpaired) electrons. The van der Waals surface area contributed by atoms with E-state index < -0.39 is 12.7 Å². The first kappa shape index (κ1) is 43.9. The number of para-hydroxylation sites is 1. The van der Waals surface area contributed by atoms with Crippen LogP contribution in [0.15, 0.2) is 158 Å². The van der Waals surface area contributed by atoms with E-state index in [9.17, 15) is 6.48 Å². The SMILES string of the molecule is [2H]C([2H])([2H])c1ccc(-c2ccnc(-c3[c-]c(-c4cccc5c4nc(-c4cc(C(C)(C)C)cc(C(C)(C)C)c4O)n5-c4ccc(C([2H])(C)C)cc4-c4ccc(C(C)(C)C)cc4)cc(-c4ccccc4)c3)c2)cc1.[Pt]. The van der Waals surface area contributed by atoms with E-state index >= 15 is 0 Å². The molecule has 0 saturated carbocycles. The topological polar surface area (TPSA) is 50.9 Å². The number of aromatic hydroxyl groups is 1. The van der Waals surface area contributed by atoms with Crippen LogP contribution in [-0.2, 0) is 37.3 Å². The molecular weight excluding hydrogens is 1020 g/mol. The van der Waals surface area contributed by atoms with Crippen molar-refractivity contribution < 1.29 is 31.7 Å². The summed E-state index contributed by atoms with van der Waals surface area (Å²) in [4.78, 5) is 10.6. The van der Waals surface area contributed by atoms with Crippen molar-refractivity contribution in [3.63, 3.8) is 0 Å². The molecule has 0 bridgehead atoms. The molecule has 1 N–H and O–H groups in total. The Bertz CT molecular complexity index is 3480. The summed E-state index contributed by atoms with van der Waals surface area (Å²) in [7, 11) is 0. The number of hydrogen-bond acceptors (Lipinski definition) is 3. The second-order valence-electron chi connectivity index (χ2n) is 21.5. The third-order valence-electron chi connectivity index (χ3n) is 13.1. The van der Waals surface area contributed by atoms with Gasteiger partial charge in [0.05, 0.1) is 22.3 Å². The molecule has 9 rings (SSSR count). The van der Waals surface area contributed by atoms with Gasteiger partial charge in [0.25, 0.3) is 0 Å². The third kappa shape index (κ3) is 9.93. The molecule has 5 heteroatoms. The average molecular weight is 1090 g/mol. The molecule has 0 amide bonds. The number of aryl methyl sites for hydroxylation is 1. The minimum absolute atomic E-state index is 0. The van der Waals surface area contributed by atoms with E-state index in [4.69, 9.17) is 14.1 Å². The van der Waals surface area contributed by atoms with Gasteiger partial charge in [-0.1, -0.05) is 208 Å². The summed E-state index contributed by atoms with van der Waals surface area (Å²) >= 11 is 0. The summed E-state index contributed by atoms with van der Waals surface area (Å²) in [5, 5.41) is 12.7. The molecule has 0 atom stereocenters. The summed E-state index contributed by atoms with van der Waals surface area (Å²) in [6.45, 7) is 21.3. The van der Waals surface area contributed by atoms with Gasteiger partial charge in [0, 0.05) is 49.6 Å². The summed E-state index contributed by atoms with van der Waals surface area (Å²) in [5.41, 5.74) is 15.6. The van der Waals surface area contributed by atoms with Crippen LogP contribution in [0.2, 0.25) is 0 Å². The second-order valence-corrected chi connectivity index (χ2v) is 21.5. The van der Waals surface area contributed by atoms with Crippen LogP contribution in [0.25, 0.3) is 83.9 Å². The van der Waals surface area contributed by atoms with E-state index in [2.05, 4.69) is 164 Å². The molecule has 0 aliphatic heterocycles. The summed E-state index contributed by atoms with van der Waals surface area (Å²) in [6.07, 6.45) is 1.78. The molecule has 0 saturated heterocycles. The molecule has 2 aromatic heterocycles. The number of fused-ring (bicyclic) bond motifs is 1. The Labute approximate surface area is 430 Å². The van der Waals surface area contributed by atoms with Crippen molar-refractivity contribution in [2.75, 3.05) is 0 Å². The fourth-order valence-corrected chi connectivity index (χ4v) is 9.04. The molecule has 0 spiro atoms. The third-order valence-corrected chi connectivity index (χ3v) is 13.1. The largest absolute Gasteiger partial charge is 0.507 e. The maximum Gasteiger partial charge on any atom is 0.148 e. The van der Waals surface area contributed by atoms with Crippen molar-refractivity contribution >= 4 is 11.0 Å². The van der Waals surface area contributed by atoms with Gasteiger partial charge in [0.15, 0.2) is 0 Å². The van der Waals surface area contributed by atoms with E-state index in [0.717, 1.165) is 83.5 Å². The molecular formula is C64H64N3OPt-. The normalized spacial score (nSPS) is 13.3. The van der Waals surface area contributed by atoms with Gasteiger partial charge in [-0.05, 0) is 98.3 Å². The van der Waals surface area contributed by atoms with Crippen LogP contribution >= 0.6 is 0 Å². The first-order valence-corrected chi connectivity index (χ1v) is 23.6. The maximum atomic E-state index is 12.7. The molecule has 9 aromatic rings. The first-order valence-electron chi connectivity index (χ1n) is 25.6. The van der Waals surface area contributed by atoms with Crippen molar-refractivity contribution in [1.29, 1.82) is 0 Å². The molecule has 0 fully saturated rings. The van der Waals surface area contributed by atoms with E-state index in [-0.39, 0.29) is 43.1 Å².